The van der Waals surface area contributed by atoms with Crippen LogP contribution in [0.15, 0.2) is 25.3 Å². The summed E-state index contributed by atoms with van der Waals surface area (Å²) >= 11 is 0. The highest BCUT2D eigenvalue weighted by molar-refractivity contribution is 5.81. The van der Waals surface area contributed by atoms with E-state index in [1.165, 1.54) is 25.0 Å². The maximum atomic E-state index is 10.8. The van der Waals surface area contributed by atoms with Gasteiger partial charge in [0.25, 0.3) is 0 Å². The van der Waals surface area contributed by atoms with E-state index in [1.54, 1.807) is 0 Å². The average molecular weight is 383 g/mol. The number of rotatable bonds is 12. The monoisotopic (exact) mass is 382 g/mol. The molecule has 0 aromatic carbocycles. The molecule has 0 saturated heterocycles. The van der Waals surface area contributed by atoms with Crippen molar-refractivity contribution in [3.63, 3.8) is 0 Å². The van der Waals surface area contributed by atoms with Crippen molar-refractivity contribution >= 4 is 11.9 Å². The van der Waals surface area contributed by atoms with Gasteiger partial charge in [-0.15, -0.1) is 0 Å². The van der Waals surface area contributed by atoms with Crippen LogP contribution in [0.4, 0.5) is 0 Å². The molecule has 2 unspecified atom stereocenters. The van der Waals surface area contributed by atoms with Gasteiger partial charge in [0.2, 0.25) is 0 Å². The standard InChI is InChI=1S/C12H22O2.C11H20O2/c1-6-11(13)14-8-7-10(2)9-12(3,4)5;1-4-7-8-10(5-2)9-13-11(12)6-3/h6,10H,1,7-9H2,2-5H3;6,10H,3-5,7-9H2,1-2H3. The molecule has 0 aliphatic rings. The SMILES string of the molecule is C=CC(=O)OCC(CC)CCCC.C=CC(=O)OCCC(C)CC(C)(C)C. The van der Waals surface area contributed by atoms with E-state index in [1.807, 2.05) is 0 Å². The second-order valence-electron chi connectivity index (χ2n) is 8.28. The molecule has 0 rings (SSSR count). The Bertz CT molecular complexity index is 421. The molecule has 0 radical (unpaired) electrons. The Morgan fingerprint density at radius 2 is 1.56 bits per heavy atom. The summed E-state index contributed by atoms with van der Waals surface area (Å²) in [5.41, 5.74) is 0.349. The first-order valence-electron chi connectivity index (χ1n) is 10.2. The summed E-state index contributed by atoms with van der Waals surface area (Å²) in [5, 5.41) is 0. The van der Waals surface area contributed by atoms with Gasteiger partial charge < -0.3 is 9.47 Å². The molecule has 2 atom stereocenters. The third-order valence-corrected chi connectivity index (χ3v) is 4.15. The Morgan fingerprint density at radius 1 is 1.00 bits per heavy atom. The molecule has 4 heteroatoms. The van der Waals surface area contributed by atoms with Crippen LogP contribution in [-0.4, -0.2) is 25.2 Å². The molecule has 4 nitrogen and oxygen atoms in total. The van der Waals surface area contributed by atoms with Gasteiger partial charge >= 0.3 is 11.9 Å². The van der Waals surface area contributed by atoms with Crippen molar-refractivity contribution in [2.45, 2.75) is 80.1 Å². The van der Waals surface area contributed by atoms with Gasteiger partial charge in [0.15, 0.2) is 0 Å². The van der Waals surface area contributed by atoms with Crippen LogP contribution in [0.5, 0.6) is 0 Å². The van der Waals surface area contributed by atoms with Crippen LogP contribution in [0, 0.1) is 17.3 Å². The Balaban J connectivity index is 0. The predicted molar refractivity (Wildman–Crippen MR) is 113 cm³/mol. The molecule has 0 aromatic rings. The number of esters is 2. The molecule has 0 aliphatic carbocycles. The molecule has 158 valence electrons. The third kappa shape index (κ3) is 20.6. The summed E-state index contributed by atoms with van der Waals surface area (Å²) in [6.45, 7) is 20.9. The summed E-state index contributed by atoms with van der Waals surface area (Å²) in [6.07, 6.45) is 9.13. The van der Waals surface area contributed by atoms with E-state index >= 15 is 0 Å². The van der Waals surface area contributed by atoms with E-state index < -0.39 is 0 Å². The summed E-state index contributed by atoms with van der Waals surface area (Å²) in [4.78, 5) is 21.5. The smallest absolute Gasteiger partial charge is 0.330 e. The van der Waals surface area contributed by atoms with Gasteiger partial charge in [0, 0.05) is 12.2 Å². The lowest BCUT2D eigenvalue weighted by atomic mass is 9.84. The normalized spacial score (nSPS) is 12.8. The minimum absolute atomic E-state index is 0.310. The van der Waals surface area contributed by atoms with Gasteiger partial charge in [-0.2, -0.15) is 0 Å². The predicted octanol–water partition coefficient (Wildman–Crippen LogP) is 6.11. The second-order valence-corrected chi connectivity index (χ2v) is 8.28. The third-order valence-electron chi connectivity index (χ3n) is 4.15. The lowest BCUT2D eigenvalue weighted by molar-refractivity contribution is -0.139. The molecule has 0 amide bonds. The van der Waals surface area contributed by atoms with Gasteiger partial charge in [-0.1, -0.05) is 74.0 Å². The van der Waals surface area contributed by atoms with E-state index in [2.05, 4.69) is 54.7 Å². The van der Waals surface area contributed by atoms with Crippen LogP contribution in [-0.2, 0) is 19.1 Å². The lowest BCUT2D eigenvalue weighted by Crippen LogP contribution is -2.13. The van der Waals surface area contributed by atoms with Gasteiger partial charge in [0.1, 0.15) is 0 Å². The Labute approximate surface area is 167 Å². The van der Waals surface area contributed by atoms with Crippen molar-refractivity contribution in [1.82, 2.24) is 0 Å². The minimum Gasteiger partial charge on any atom is -0.463 e. The number of hydrogen-bond donors (Lipinski definition) is 0. The molecule has 0 N–H and O–H groups in total. The highest BCUT2D eigenvalue weighted by Gasteiger charge is 2.15. The van der Waals surface area contributed by atoms with E-state index in [-0.39, 0.29) is 11.9 Å². The van der Waals surface area contributed by atoms with Crippen molar-refractivity contribution in [1.29, 1.82) is 0 Å². The first-order chi connectivity index (χ1) is 12.6. The molecule has 0 heterocycles. The van der Waals surface area contributed by atoms with Crippen LogP contribution >= 0.6 is 0 Å². The topological polar surface area (TPSA) is 52.6 Å². The summed E-state index contributed by atoms with van der Waals surface area (Å²) in [6, 6.07) is 0. The summed E-state index contributed by atoms with van der Waals surface area (Å²) in [5.74, 6) is 0.472. The van der Waals surface area contributed by atoms with Crippen LogP contribution < -0.4 is 0 Å². The molecule has 0 fully saturated rings. The molecule has 0 aliphatic heterocycles. The van der Waals surface area contributed by atoms with Gasteiger partial charge in [-0.3, -0.25) is 0 Å². The van der Waals surface area contributed by atoms with Crippen molar-refractivity contribution < 1.29 is 19.1 Å². The first kappa shape index (κ1) is 27.6. The number of ether oxygens (including phenoxy) is 2. The highest BCUT2D eigenvalue weighted by Crippen LogP contribution is 2.25. The Kier molecular flexibility index (Phi) is 17.0. The van der Waals surface area contributed by atoms with E-state index in [0.717, 1.165) is 25.7 Å². The number of carbonyl (C=O) groups excluding carboxylic acids is 2. The molecule has 0 spiro atoms. The molecule has 27 heavy (non-hydrogen) atoms. The van der Waals surface area contributed by atoms with Crippen molar-refractivity contribution in [2.75, 3.05) is 13.2 Å². The maximum absolute atomic E-state index is 10.8. The number of carbonyl (C=O) groups is 2. The van der Waals surface area contributed by atoms with Gasteiger partial charge in [-0.05, 0) is 36.5 Å². The van der Waals surface area contributed by atoms with E-state index in [9.17, 15) is 9.59 Å². The van der Waals surface area contributed by atoms with Crippen molar-refractivity contribution in [3.05, 3.63) is 25.3 Å². The zero-order chi connectivity index (χ0) is 21.3. The van der Waals surface area contributed by atoms with Crippen LogP contribution in [0.25, 0.3) is 0 Å². The van der Waals surface area contributed by atoms with E-state index in [4.69, 9.17) is 9.47 Å². The number of hydrogen-bond acceptors (Lipinski definition) is 4. The fourth-order valence-corrected chi connectivity index (χ4v) is 2.72. The van der Waals surface area contributed by atoms with Gasteiger partial charge in [-0.25, -0.2) is 9.59 Å². The van der Waals surface area contributed by atoms with Gasteiger partial charge in [0.05, 0.1) is 13.2 Å². The fourth-order valence-electron chi connectivity index (χ4n) is 2.72. The summed E-state index contributed by atoms with van der Waals surface area (Å²) in [7, 11) is 0. The zero-order valence-electron chi connectivity index (χ0n) is 18.5. The van der Waals surface area contributed by atoms with E-state index in [0.29, 0.717) is 30.5 Å². The molecular formula is C23H42O4. The Morgan fingerprint density at radius 3 is 2.00 bits per heavy atom. The van der Waals surface area contributed by atoms with Crippen LogP contribution in [0.1, 0.15) is 80.1 Å². The first-order valence-corrected chi connectivity index (χ1v) is 10.2. The Hall–Kier alpha value is -1.58. The quantitative estimate of drug-likeness (QED) is 0.302. The van der Waals surface area contributed by atoms with Crippen molar-refractivity contribution in [2.24, 2.45) is 17.3 Å². The molecule has 0 saturated carbocycles. The fraction of sp³-hybridized carbons (Fsp3) is 0.739. The highest BCUT2D eigenvalue weighted by atomic mass is 16.5. The van der Waals surface area contributed by atoms with Crippen molar-refractivity contribution in [3.8, 4) is 0 Å². The zero-order valence-corrected chi connectivity index (χ0v) is 18.5. The minimum atomic E-state index is -0.326. The largest absolute Gasteiger partial charge is 0.463 e. The number of unbranched alkanes of at least 4 members (excludes halogenated alkanes) is 1. The molecule has 0 bridgehead atoms. The lowest BCUT2D eigenvalue weighted by Gasteiger charge is -2.22. The van der Waals surface area contributed by atoms with Crippen LogP contribution in [0.3, 0.4) is 0 Å². The molecular weight excluding hydrogens is 340 g/mol. The molecule has 0 aromatic heterocycles. The summed E-state index contributed by atoms with van der Waals surface area (Å²) < 4.78 is 9.90. The second kappa shape index (κ2) is 16.6. The average Bonchev–Trinajstić information content (AvgIpc) is 2.60. The maximum Gasteiger partial charge on any atom is 0.330 e. The van der Waals surface area contributed by atoms with Crippen LogP contribution in [0.2, 0.25) is 0 Å².